The molecule has 0 bridgehead atoms. The van der Waals surface area contributed by atoms with E-state index in [-0.39, 0.29) is 0 Å². The number of nitriles is 1. The van der Waals surface area contributed by atoms with Crippen LogP contribution in [0.4, 0.5) is 0 Å². The highest BCUT2D eigenvalue weighted by molar-refractivity contribution is 6.00. The summed E-state index contributed by atoms with van der Waals surface area (Å²) in [4.78, 5) is 0. The Morgan fingerprint density at radius 2 is 1.83 bits per heavy atom. The van der Waals surface area contributed by atoms with Crippen LogP contribution < -0.4 is 4.74 Å². The Hall–Kier alpha value is -2.53. The Labute approximate surface area is 105 Å². The first-order chi connectivity index (χ1) is 8.81. The van der Waals surface area contributed by atoms with Crippen molar-refractivity contribution in [2.75, 3.05) is 7.11 Å². The topological polar surface area (TPSA) is 33.0 Å². The predicted molar refractivity (Wildman–Crippen MR) is 72.7 cm³/mol. The summed E-state index contributed by atoms with van der Waals surface area (Å²) in [6.45, 7) is 0. The minimum absolute atomic E-state index is 0.713. The molecular formula is C16H11NO. The van der Waals surface area contributed by atoms with Crippen LogP contribution in [0, 0.1) is 11.3 Å². The SMILES string of the molecule is COc1ccc2cc3c(C#N)cccc3cc2c1. The van der Waals surface area contributed by atoms with Crippen molar-refractivity contribution in [2.24, 2.45) is 0 Å². The van der Waals surface area contributed by atoms with Gasteiger partial charge in [-0.25, -0.2) is 0 Å². The van der Waals surface area contributed by atoms with E-state index in [1.807, 2.05) is 36.4 Å². The van der Waals surface area contributed by atoms with E-state index in [0.29, 0.717) is 5.56 Å². The third-order valence-electron chi connectivity index (χ3n) is 3.17. The zero-order valence-electron chi connectivity index (χ0n) is 9.97. The highest BCUT2D eigenvalue weighted by Gasteiger charge is 2.03. The maximum absolute atomic E-state index is 9.12. The summed E-state index contributed by atoms with van der Waals surface area (Å²) >= 11 is 0. The molecule has 0 heterocycles. The molecule has 0 saturated heterocycles. The van der Waals surface area contributed by atoms with Crippen LogP contribution in [-0.4, -0.2) is 7.11 Å². The highest BCUT2D eigenvalue weighted by atomic mass is 16.5. The Balaban J connectivity index is 2.40. The van der Waals surface area contributed by atoms with E-state index in [9.17, 15) is 0 Å². The molecule has 0 saturated carbocycles. The van der Waals surface area contributed by atoms with Gasteiger partial charge in [-0.1, -0.05) is 18.2 Å². The monoisotopic (exact) mass is 233 g/mol. The number of hydrogen-bond donors (Lipinski definition) is 0. The van der Waals surface area contributed by atoms with Crippen molar-refractivity contribution in [2.45, 2.75) is 0 Å². The fourth-order valence-electron chi connectivity index (χ4n) is 2.23. The lowest BCUT2D eigenvalue weighted by Gasteiger charge is -2.05. The van der Waals surface area contributed by atoms with Gasteiger partial charge in [0.1, 0.15) is 5.75 Å². The average molecular weight is 233 g/mol. The average Bonchev–Trinajstić information content (AvgIpc) is 2.43. The maximum atomic E-state index is 9.12. The number of fused-ring (bicyclic) bond motifs is 2. The summed E-state index contributed by atoms with van der Waals surface area (Å²) in [5, 5.41) is 13.4. The number of nitrogens with zero attached hydrogens (tertiary/aromatic N) is 1. The smallest absolute Gasteiger partial charge is 0.119 e. The van der Waals surface area contributed by atoms with Gasteiger partial charge in [-0.15, -0.1) is 0 Å². The van der Waals surface area contributed by atoms with Gasteiger partial charge >= 0.3 is 0 Å². The lowest BCUT2D eigenvalue weighted by molar-refractivity contribution is 0.415. The Kier molecular flexibility index (Phi) is 2.39. The summed E-state index contributed by atoms with van der Waals surface area (Å²) in [5.41, 5.74) is 0.713. The van der Waals surface area contributed by atoms with Crippen molar-refractivity contribution in [1.29, 1.82) is 5.26 Å². The second-order valence-electron chi connectivity index (χ2n) is 4.20. The standard InChI is InChI=1S/C16H11NO/c1-18-15-6-5-11-9-16-12(7-14(11)8-15)3-2-4-13(16)10-17/h2-9H,1H3. The summed E-state index contributed by atoms with van der Waals surface area (Å²) in [6, 6.07) is 18.1. The molecule has 3 aromatic carbocycles. The van der Waals surface area contributed by atoms with E-state index in [0.717, 1.165) is 27.3 Å². The molecule has 0 radical (unpaired) electrons. The molecule has 86 valence electrons. The molecule has 0 aliphatic heterocycles. The van der Waals surface area contributed by atoms with Gasteiger partial charge in [-0.05, 0) is 46.5 Å². The van der Waals surface area contributed by atoms with Crippen molar-refractivity contribution >= 4 is 21.5 Å². The van der Waals surface area contributed by atoms with Gasteiger partial charge in [0.15, 0.2) is 0 Å². The van der Waals surface area contributed by atoms with Gasteiger partial charge in [0.2, 0.25) is 0 Å². The van der Waals surface area contributed by atoms with Crippen molar-refractivity contribution in [3.63, 3.8) is 0 Å². The van der Waals surface area contributed by atoms with E-state index in [4.69, 9.17) is 10.00 Å². The normalized spacial score (nSPS) is 10.4. The molecule has 0 atom stereocenters. The molecule has 0 fully saturated rings. The second-order valence-corrected chi connectivity index (χ2v) is 4.20. The molecule has 3 aromatic rings. The van der Waals surface area contributed by atoms with E-state index in [1.54, 1.807) is 7.11 Å². The number of benzene rings is 3. The van der Waals surface area contributed by atoms with Gasteiger partial charge in [0, 0.05) is 5.39 Å². The molecule has 0 amide bonds. The van der Waals surface area contributed by atoms with Crippen LogP contribution in [0.5, 0.6) is 5.75 Å². The zero-order valence-corrected chi connectivity index (χ0v) is 9.97. The minimum Gasteiger partial charge on any atom is -0.497 e. The van der Waals surface area contributed by atoms with Crippen LogP contribution in [0.1, 0.15) is 5.56 Å². The highest BCUT2D eigenvalue weighted by Crippen LogP contribution is 2.27. The van der Waals surface area contributed by atoms with Crippen LogP contribution in [0.25, 0.3) is 21.5 Å². The molecule has 0 aliphatic carbocycles. The van der Waals surface area contributed by atoms with Crippen molar-refractivity contribution in [3.05, 3.63) is 54.1 Å². The molecule has 2 nitrogen and oxygen atoms in total. The molecule has 18 heavy (non-hydrogen) atoms. The van der Waals surface area contributed by atoms with Gasteiger partial charge in [-0.2, -0.15) is 5.26 Å². The van der Waals surface area contributed by atoms with Crippen molar-refractivity contribution in [1.82, 2.24) is 0 Å². The van der Waals surface area contributed by atoms with E-state index in [2.05, 4.69) is 18.2 Å². The summed E-state index contributed by atoms with van der Waals surface area (Å²) in [6.07, 6.45) is 0. The Morgan fingerprint density at radius 3 is 2.61 bits per heavy atom. The van der Waals surface area contributed by atoms with E-state index >= 15 is 0 Å². The van der Waals surface area contributed by atoms with Gasteiger partial charge < -0.3 is 4.74 Å². The van der Waals surface area contributed by atoms with Crippen LogP contribution in [0.15, 0.2) is 48.5 Å². The van der Waals surface area contributed by atoms with E-state index < -0.39 is 0 Å². The Bertz CT molecular complexity index is 784. The van der Waals surface area contributed by atoms with Crippen LogP contribution >= 0.6 is 0 Å². The summed E-state index contributed by atoms with van der Waals surface area (Å²) < 4.78 is 5.23. The molecule has 0 aromatic heterocycles. The number of rotatable bonds is 1. The van der Waals surface area contributed by atoms with E-state index in [1.165, 1.54) is 0 Å². The molecular weight excluding hydrogens is 222 g/mol. The molecule has 0 aliphatic rings. The van der Waals surface area contributed by atoms with Crippen molar-refractivity contribution in [3.8, 4) is 11.8 Å². The summed E-state index contributed by atoms with van der Waals surface area (Å²) in [7, 11) is 1.66. The second kappa shape index (κ2) is 4.05. The lowest BCUT2D eigenvalue weighted by Crippen LogP contribution is -1.84. The number of hydrogen-bond acceptors (Lipinski definition) is 2. The third kappa shape index (κ3) is 1.57. The first-order valence-electron chi connectivity index (χ1n) is 5.72. The Morgan fingerprint density at radius 1 is 0.944 bits per heavy atom. The third-order valence-corrected chi connectivity index (χ3v) is 3.17. The van der Waals surface area contributed by atoms with Gasteiger partial charge in [0.05, 0.1) is 18.7 Å². The molecule has 0 N–H and O–H groups in total. The van der Waals surface area contributed by atoms with Gasteiger partial charge in [-0.3, -0.25) is 0 Å². The quantitative estimate of drug-likeness (QED) is 0.598. The van der Waals surface area contributed by atoms with Crippen molar-refractivity contribution < 1.29 is 4.74 Å². The number of methoxy groups -OCH3 is 1. The molecule has 2 heteroatoms. The first kappa shape index (κ1) is 10.6. The molecule has 3 rings (SSSR count). The maximum Gasteiger partial charge on any atom is 0.119 e. The summed E-state index contributed by atoms with van der Waals surface area (Å²) in [5.74, 6) is 0.846. The zero-order chi connectivity index (χ0) is 12.5. The first-order valence-corrected chi connectivity index (χ1v) is 5.72. The van der Waals surface area contributed by atoms with Crippen LogP contribution in [-0.2, 0) is 0 Å². The predicted octanol–water partition coefficient (Wildman–Crippen LogP) is 3.87. The van der Waals surface area contributed by atoms with Crippen LogP contribution in [0.3, 0.4) is 0 Å². The fourth-order valence-corrected chi connectivity index (χ4v) is 2.23. The van der Waals surface area contributed by atoms with Gasteiger partial charge in [0.25, 0.3) is 0 Å². The molecule has 0 spiro atoms. The largest absolute Gasteiger partial charge is 0.497 e. The van der Waals surface area contributed by atoms with Crippen LogP contribution in [0.2, 0.25) is 0 Å². The fraction of sp³-hybridized carbons (Fsp3) is 0.0625. The number of ether oxygens (including phenoxy) is 1. The molecule has 0 unspecified atom stereocenters. The lowest BCUT2D eigenvalue weighted by atomic mass is 10.0. The minimum atomic E-state index is 0.713.